The van der Waals surface area contributed by atoms with Crippen LogP contribution in [0.2, 0.25) is 0 Å². The van der Waals surface area contributed by atoms with Crippen LogP contribution in [-0.2, 0) is 19.1 Å². The number of piperidine rings is 1. The first-order valence-electron chi connectivity index (χ1n) is 9.42. The fraction of sp³-hybridized carbons (Fsp3) is 0.550. The van der Waals surface area contributed by atoms with Gasteiger partial charge in [0.1, 0.15) is 6.04 Å². The number of hydrogen-bond acceptors (Lipinski definition) is 5. The lowest BCUT2D eigenvalue weighted by molar-refractivity contribution is -0.157. The van der Waals surface area contributed by atoms with Gasteiger partial charge in [0, 0.05) is 12.2 Å². The molecular weight excluding hydrogens is 346 g/mol. The minimum Gasteiger partial charge on any atom is -0.464 e. The monoisotopic (exact) mass is 375 g/mol. The third-order valence-corrected chi connectivity index (χ3v) is 4.54. The van der Waals surface area contributed by atoms with E-state index < -0.39 is 6.04 Å². The van der Waals surface area contributed by atoms with Crippen LogP contribution in [-0.4, -0.2) is 66.9 Å². The van der Waals surface area contributed by atoms with Crippen LogP contribution in [0.15, 0.2) is 24.3 Å². The Labute approximate surface area is 160 Å². The number of esters is 1. The maximum absolute atomic E-state index is 12.6. The molecule has 1 aromatic carbocycles. The van der Waals surface area contributed by atoms with Crippen LogP contribution in [0.4, 0.5) is 5.69 Å². The van der Waals surface area contributed by atoms with Gasteiger partial charge in [0.15, 0.2) is 0 Å². The van der Waals surface area contributed by atoms with Crippen molar-refractivity contribution in [3.63, 3.8) is 0 Å². The fourth-order valence-corrected chi connectivity index (χ4v) is 3.17. The van der Waals surface area contributed by atoms with Gasteiger partial charge in [0.25, 0.3) is 0 Å². The van der Waals surface area contributed by atoms with Gasteiger partial charge in [-0.2, -0.15) is 0 Å². The van der Waals surface area contributed by atoms with E-state index in [4.69, 9.17) is 4.74 Å². The Hall–Kier alpha value is -2.41. The number of likely N-dealkylation sites (tertiary alicyclic amines) is 1. The summed E-state index contributed by atoms with van der Waals surface area (Å²) in [5.41, 5.74) is 1.84. The summed E-state index contributed by atoms with van der Waals surface area (Å²) in [6.45, 7) is 4.76. The fourth-order valence-electron chi connectivity index (χ4n) is 3.17. The van der Waals surface area contributed by atoms with Gasteiger partial charge in [-0.3, -0.25) is 14.5 Å². The molecule has 0 spiro atoms. The molecule has 2 amide bonds. The lowest BCUT2D eigenvalue weighted by atomic mass is 10.0. The standard InChI is InChI=1S/C20H29N3O4/c1-4-27-20(26)17-7-5-6-12-23(17)19(25)14-22(3)13-18(24)21-16-10-8-15(2)9-11-16/h8-11,17H,4-7,12-14H2,1-3H3,(H,21,24)/t17-/m0/s1. The molecule has 1 aliphatic rings. The van der Waals surface area contributed by atoms with Crippen LogP contribution in [0.3, 0.4) is 0 Å². The molecule has 27 heavy (non-hydrogen) atoms. The summed E-state index contributed by atoms with van der Waals surface area (Å²) in [6, 6.07) is 7.02. The number of hydrogen-bond donors (Lipinski definition) is 1. The van der Waals surface area contributed by atoms with Gasteiger partial charge in [-0.05, 0) is 52.3 Å². The Kier molecular flexibility index (Phi) is 7.79. The molecule has 148 valence electrons. The number of rotatable bonds is 7. The number of carbonyl (C=O) groups is 3. The molecule has 1 N–H and O–H groups in total. The van der Waals surface area contributed by atoms with E-state index in [0.717, 1.165) is 24.1 Å². The van der Waals surface area contributed by atoms with Gasteiger partial charge in [0.2, 0.25) is 11.8 Å². The number of ether oxygens (including phenoxy) is 1. The van der Waals surface area contributed by atoms with E-state index in [2.05, 4.69) is 5.32 Å². The van der Waals surface area contributed by atoms with Crippen LogP contribution in [0, 0.1) is 6.92 Å². The second-order valence-electron chi connectivity index (χ2n) is 6.94. The van der Waals surface area contributed by atoms with Crippen LogP contribution in [0.25, 0.3) is 0 Å². The largest absolute Gasteiger partial charge is 0.464 e. The first-order valence-corrected chi connectivity index (χ1v) is 9.42. The summed E-state index contributed by atoms with van der Waals surface area (Å²) in [5.74, 6) is -0.682. The highest BCUT2D eigenvalue weighted by molar-refractivity contribution is 5.92. The molecule has 7 nitrogen and oxygen atoms in total. The molecule has 1 fully saturated rings. The molecule has 2 rings (SSSR count). The van der Waals surface area contributed by atoms with Crippen molar-refractivity contribution in [3.05, 3.63) is 29.8 Å². The van der Waals surface area contributed by atoms with E-state index in [1.165, 1.54) is 0 Å². The maximum atomic E-state index is 12.6. The Morgan fingerprint density at radius 1 is 1.19 bits per heavy atom. The minimum absolute atomic E-state index is 0.0806. The molecule has 0 aromatic heterocycles. The van der Waals surface area contributed by atoms with Crippen molar-refractivity contribution < 1.29 is 19.1 Å². The second kappa shape index (κ2) is 10.1. The van der Waals surface area contributed by atoms with Crippen molar-refractivity contribution in [2.45, 2.75) is 39.2 Å². The van der Waals surface area contributed by atoms with E-state index in [1.807, 2.05) is 31.2 Å². The summed E-state index contributed by atoms with van der Waals surface area (Å²) in [5, 5.41) is 2.82. The molecule has 0 saturated carbocycles. The SMILES string of the molecule is CCOC(=O)[C@@H]1CCCCN1C(=O)CN(C)CC(=O)Nc1ccc(C)cc1. The zero-order chi connectivity index (χ0) is 19.8. The number of benzene rings is 1. The number of aryl methyl sites for hydroxylation is 1. The first-order chi connectivity index (χ1) is 12.9. The highest BCUT2D eigenvalue weighted by Crippen LogP contribution is 2.18. The number of nitrogens with zero attached hydrogens (tertiary/aromatic N) is 2. The van der Waals surface area contributed by atoms with Gasteiger partial charge >= 0.3 is 5.97 Å². The van der Waals surface area contributed by atoms with Gasteiger partial charge in [-0.1, -0.05) is 17.7 Å². The van der Waals surface area contributed by atoms with Crippen molar-refractivity contribution in [2.75, 3.05) is 38.6 Å². The number of nitrogens with one attached hydrogen (secondary N) is 1. The molecule has 1 aromatic rings. The molecule has 0 bridgehead atoms. The van der Waals surface area contributed by atoms with Crippen molar-refractivity contribution in [1.29, 1.82) is 0 Å². The van der Waals surface area contributed by atoms with Crippen molar-refractivity contribution in [1.82, 2.24) is 9.80 Å². The molecule has 0 aliphatic carbocycles. The quantitative estimate of drug-likeness (QED) is 0.736. The van der Waals surface area contributed by atoms with E-state index in [-0.39, 0.29) is 30.9 Å². The number of likely N-dealkylation sites (N-methyl/N-ethyl adjacent to an activating group) is 1. The Bertz CT molecular complexity index is 660. The van der Waals surface area contributed by atoms with E-state index >= 15 is 0 Å². The van der Waals surface area contributed by atoms with Crippen molar-refractivity contribution in [2.24, 2.45) is 0 Å². The van der Waals surface area contributed by atoms with Gasteiger partial charge in [-0.15, -0.1) is 0 Å². The summed E-state index contributed by atoms with van der Waals surface area (Å²) in [6.07, 6.45) is 2.41. The predicted octanol–water partition coefficient (Wildman–Crippen LogP) is 1.81. The van der Waals surface area contributed by atoms with Crippen molar-refractivity contribution >= 4 is 23.5 Å². The third kappa shape index (κ3) is 6.36. The Balaban J connectivity index is 1.86. The smallest absolute Gasteiger partial charge is 0.328 e. The summed E-state index contributed by atoms with van der Waals surface area (Å²) in [7, 11) is 1.72. The van der Waals surface area contributed by atoms with Crippen molar-refractivity contribution in [3.8, 4) is 0 Å². The van der Waals surface area contributed by atoms with Crippen LogP contribution < -0.4 is 5.32 Å². The number of anilines is 1. The van der Waals surface area contributed by atoms with E-state index in [0.29, 0.717) is 19.6 Å². The Morgan fingerprint density at radius 2 is 1.89 bits per heavy atom. The zero-order valence-corrected chi connectivity index (χ0v) is 16.4. The molecule has 1 aliphatic heterocycles. The van der Waals surface area contributed by atoms with Crippen LogP contribution in [0.1, 0.15) is 31.7 Å². The van der Waals surface area contributed by atoms with Crippen LogP contribution >= 0.6 is 0 Å². The highest BCUT2D eigenvalue weighted by atomic mass is 16.5. The zero-order valence-electron chi connectivity index (χ0n) is 16.4. The lowest BCUT2D eigenvalue weighted by Crippen LogP contribution is -2.51. The Morgan fingerprint density at radius 3 is 2.56 bits per heavy atom. The van der Waals surface area contributed by atoms with Gasteiger partial charge < -0.3 is 15.0 Å². The van der Waals surface area contributed by atoms with Gasteiger partial charge in [0.05, 0.1) is 19.7 Å². The normalized spacial score (nSPS) is 16.9. The average molecular weight is 375 g/mol. The summed E-state index contributed by atoms with van der Waals surface area (Å²) in [4.78, 5) is 40.2. The van der Waals surface area contributed by atoms with Crippen LogP contribution in [0.5, 0.6) is 0 Å². The molecule has 1 saturated heterocycles. The first kappa shape index (κ1) is 20.9. The van der Waals surface area contributed by atoms with E-state index in [1.54, 1.807) is 23.8 Å². The highest BCUT2D eigenvalue weighted by Gasteiger charge is 2.33. The maximum Gasteiger partial charge on any atom is 0.328 e. The number of amides is 2. The minimum atomic E-state index is -0.513. The molecular formula is C20H29N3O4. The number of carbonyl (C=O) groups excluding carboxylic acids is 3. The summed E-state index contributed by atoms with van der Waals surface area (Å²) >= 11 is 0. The average Bonchev–Trinajstić information content (AvgIpc) is 2.63. The molecule has 0 radical (unpaired) electrons. The third-order valence-electron chi connectivity index (χ3n) is 4.54. The lowest BCUT2D eigenvalue weighted by Gasteiger charge is -2.35. The predicted molar refractivity (Wildman–Crippen MR) is 103 cm³/mol. The van der Waals surface area contributed by atoms with Gasteiger partial charge in [-0.25, -0.2) is 4.79 Å². The molecule has 7 heteroatoms. The molecule has 1 heterocycles. The molecule has 1 atom stereocenters. The van der Waals surface area contributed by atoms with E-state index in [9.17, 15) is 14.4 Å². The second-order valence-corrected chi connectivity index (χ2v) is 6.94. The summed E-state index contributed by atoms with van der Waals surface area (Å²) < 4.78 is 5.10. The topological polar surface area (TPSA) is 79.0 Å². The molecule has 0 unspecified atom stereocenters.